The molecule has 0 radical (unpaired) electrons. The van der Waals surface area contributed by atoms with E-state index in [1.54, 1.807) is 0 Å². The molecule has 2 aliphatic rings. The van der Waals surface area contributed by atoms with Crippen LogP contribution >= 0.6 is 22.9 Å². The third-order valence-corrected chi connectivity index (χ3v) is 7.36. The van der Waals surface area contributed by atoms with Crippen LogP contribution in [0.2, 0.25) is 4.47 Å². The van der Waals surface area contributed by atoms with Crippen LogP contribution in [0.15, 0.2) is 48.7 Å². The Morgan fingerprint density at radius 1 is 1.19 bits per heavy atom. The van der Waals surface area contributed by atoms with Gasteiger partial charge in [-0.2, -0.15) is 5.10 Å². The fourth-order valence-corrected chi connectivity index (χ4v) is 5.76. The summed E-state index contributed by atoms with van der Waals surface area (Å²) in [7, 11) is 1.94. The lowest BCUT2D eigenvalue weighted by Gasteiger charge is -2.44. The number of rotatable bonds is 1. The number of ether oxygens (including phenoxy) is 1. The summed E-state index contributed by atoms with van der Waals surface area (Å²) in [5.41, 5.74) is 4.16. The summed E-state index contributed by atoms with van der Waals surface area (Å²) in [6, 6.07) is 13.6. The first-order valence-corrected chi connectivity index (χ1v) is 11.4. The molecule has 1 fully saturated rings. The number of aryl methyl sites for hydroxylation is 1. The average Bonchev–Trinajstić information content (AvgIpc) is 3.35. The van der Waals surface area contributed by atoms with Crippen molar-refractivity contribution in [2.75, 3.05) is 13.1 Å². The van der Waals surface area contributed by atoms with Crippen LogP contribution in [-0.4, -0.2) is 38.7 Å². The van der Waals surface area contributed by atoms with Crippen LogP contribution in [-0.2, 0) is 12.6 Å². The zero-order valence-corrected chi connectivity index (χ0v) is 18.4. The molecule has 31 heavy (non-hydrogen) atoms. The molecular weight excluding hydrogens is 432 g/mol. The van der Waals surface area contributed by atoms with Crippen LogP contribution in [0.4, 0.5) is 0 Å². The molecule has 0 aliphatic carbocycles. The van der Waals surface area contributed by atoms with E-state index in [4.69, 9.17) is 21.4 Å². The van der Waals surface area contributed by atoms with Gasteiger partial charge in [0.25, 0.3) is 5.91 Å². The summed E-state index contributed by atoms with van der Waals surface area (Å²) in [5, 5.41) is 4.72. The Hall–Kier alpha value is -2.90. The minimum atomic E-state index is -0.454. The number of nitrogens with zero attached hydrogens (tertiary/aromatic N) is 4. The molecule has 4 heterocycles. The maximum Gasteiger partial charge on any atom is 0.253 e. The van der Waals surface area contributed by atoms with Gasteiger partial charge >= 0.3 is 0 Å². The van der Waals surface area contributed by atoms with Crippen molar-refractivity contribution in [1.82, 2.24) is 19.7 Å². The lowest BCUT2D eigenvalue weighted by molar-refractivity contribution is -0.00165. The van der Waals surface area contributed by atoms with Crippen molar-refractivity contribution in [3.63, 3.8) is 0 Å². The monoisotopic (exact) mass is 450 g/mol. The molecule has 8 heteroatoms. The molecule has 6 rings (SSSR count). The van der Waals surface area contributed by atoms with Crippen LogP contribution in [0.3, 0.4) is 0 Å². The summed E-state index contributed by atoms with van der Waals surface area (Å²) in [6.45, 7) is 1.24. The molecule has 0 bridgehead atoms. The van der Waals surface area contributed by atoms with Crippen molar-refractivity contribution in [3.05, 3.63) is 64.3 Å². The Labute approximate surface area is 188 Å². The van der Waals surface area contributed by atoms with Gasteiger partial charge in [-0.05, 0) is 30.3 Å². The zero-order chi connectivity index (χ0) is 21.2. The predicted molar refractivity (Wildman–Crippen MR) is 121 cm³/mol. The molecule has 156 valence electrons. The number of aromatic nitrogens is 3. The largest absolute Gasteiger partial charge is 0.482 e. The van der Waals surface area contributed by atoms with Gasteiger partial charge in [0.1, 0.15) is 17.0 Å². The number of hydrogen-bond donors (Lipinski definition) is 0. The summed E-state index contributed by atoms with van der Waals surface area (Å²) in [4.78, 5) is 19.4. The van der Waals surface area contributed by atoms with Gasteiger partial charge in [-0.1, -0.05) is 23.7 Å². The highest BCUT2D eigenvalue weighted by Crippen LogP contribution is 2.49. The van der Waals surface area contributed by atoms with Crippen molar-refractivity contribution in [2.45, 2.75) is 18.4 Å². The van der Waals surface area contributed by atoms with Crippen LogP contribution in [0, 0.1) is 0 Å². The molecule has 0 saturated carbocycles. The van der Waals surface area contributed by atoms with E-state index in [0.717, 1.165) is 45.6 Å². The van der Waals surface area contributed by atoms with Crippen molar-refractivity contribution in [2.24, 2.45) is 7.05 Å². The fourth-order valence-electron chi connectivity index (χ4n) is 4.69. The summed E-state index contributed by atoms with van der Waals surface area (Å²) >= 11 is 7.41. The van der Waals surface area contributed by atoms with Gasteiger partial charge in [0, 0.05) is 55.9 Å². The summed E-state index contributed by atoms with van der Waals surface area (Å²) in [5.74, 6) is 0.893. The molecule has 6 nitrogen and oxygen atoms in total. The second-order valence-electron chi connectivity index (χ2n) is 8.10. The Morgan fingerprint density at radius 3 is 2.84 bits per heavy atom. The van der Waals surface area contributed by atoms with Gasteiger partial charge in [-0.25, -0.2) is 4.98 Å². The number of thiazole rings is 1. The molecule has 0 unspecified atom stereocenters. The van der Waals surface area contributed by atoms with Gasteiger partial charge in [-0.3, -0.25) is 9.48 Å². The minimum absolute atomic E-state index is 0.0314. The van der Waals surface area contributed by atoms with Crippen molar-refractivity contribution in [3.8, 4) is 17.0 Å². The quantitative estimate of drug-likeness (QED) is 0.415. The van der Waals surface area contributed by atoms with E-state index in [0.29, 0.717) is 23.1 Å². The molecule has 1 spiro atoms. The Morgan fingerprint density at radius 2 is 2.00 bits per heavy atom. The lowest BCUT2D eigenvalue weighted by Crippen LogP contribution is -2.48. The van der Waals surface area contributed by atoms with Crippen molar-refractivity contribution < 1.29 is 9.53 Å². The van der Waals surface area contributed by atoms with Crippen LogP contribution in [0.5, 0.6) is 5.75 Å². The van der Waals surface area contributed by atoms with E-state index in [1.165, 1.54) is 11.3 Å². The maximum atomic E-state index is 13.2. The average molecular weight is 451 g/mol. The van der Waals surface area contributed by atoms with E-state index in [9.17, 15) is 4.79 Å². The highest BCUT2D eigenvalue weighted by atomic mass is 35.5. The number of para-hydroxylation sites is 1. The topological polar surface area (TPSA) is 60.2 Å². The number of likely N-dealkylation sites (tertiary alicyclic amines) is 1. The normalized spacial score (nSPS) is 16.8. The third kappa shape index (κ3) is 2.95. The maximum absolute atomic E-state index is 13.2. The highest BCUT2D eigenvalue weighted by molar-refractivity contribution is 7.22. The molecule has 2 aromatic carbocycles. The first kappa shape index (κ1) is 18.8. The number of hydrogen-bond acceptors (Lipinski definition) is 5. The molecular formula is C23H19ClN4O2S. The second-order valence-corrected chi connectivity index (χ2v) is 9.71. The first-order chi connectivity index (χ1) is 15.0. The number of carbonyl (C=O) groups excluding carboxylic acids is 1. The van der Waals surface area contributed by atoms with Gasteiger partial charge in [0.2, 0.25) is 0 Å². The van der Waals surface area contributed by atoms with Gasteiger partial charge in [-0.15, -0.1) is 11.3 Å². The summed E-state index contributed by atoms with van der Waals surface area (Å²) < 4.78 is 9.85. The number of piperidine rings is 1. The molecule has 0 N–H and O–H groups in total. The molecule has 2 aromatic heterocycles. The number of fused-ring (bicyclic) bond motifs is 5. The van der Waals surface area contributed by atoms with E-state index in [1.807, 2.05) is 53.0 Å². The van der Waals surface area contributed by atoms with Crippen LogP contribution in [0.1, 0.15) is 28.8 Å². The Balaban J connectivity index is 1.28. The van der Waals surface area contributed by atoms with Crippen molar-refractivity contribution >= 4 is 39.1 Å². The highest BCUT2D eigenvalue weighted by Gasteiger charge is 2.45. The van der Waals surface area contributed by atoms with Crippen molar-refractivity contribution in [1.29, 1.82) is 0 Å². The SMILES string of the molecule is Cn1cc2c(n1)-c1ccccc1OC21CCN(C(=O)c2ccc3nc(Cl)sc3c2)CC1. The van der Waals surface area contributed by atoms with E-state index < -0.39 is 5.60 Å². The number of amides is 1. The number of carbonyl (C=O) groups is 1. The van der Waals surface area contributed by atoms with Gasteiger partial charge in [0.05, 0.1) is 10.2 Å². The Kier molecular flexibility index (Phi) is 4.13. The van der Waals surface area contributed by atoms with E-state index in [-0.39, 0.29) is 5.91 Å². The second kappa shape index (κ2) is 6.80. The molecule has 2 aliphatic heterocycles. The molecule has 1 amide bonds. The van der Waals surface area contributed by atoms with E-state index in [2.05, 4.69) is 17.2 Å². The zero-order valence-electron chi connectivity index (χ0n) is 16.8. The fraction of sp³-hybridized carbons (Fsp3) is 0.261. The van der Waals surface area contributed by atoms with E-state index >= 15 is 0 Å². The number of halogens is 1. The standard InChI is InChI=1S/C23H19ClN4O2S/c1-27-13-16-20(26-27)15-4-2-3-5-18(15)30-23(16)8-10-28(11-9-23)21(29)14-6-7-17-19(12-14)31-22(24)25-17/h2-7,12-13H,8-11H2,1H3. The van der Waals surface area contributed by atoms with Gasteiger partial charge < -0.3 is 9.64 Å². The number of benzene rings is 2. The molecule has 4 aromatic rings. The predicted octanol–water partition coefficient (Wildman–Crippen LogP) is 4.87. The first-order valence-electron chi connectivity index (χ1n) is 10.2. The van der Waals surface area contributed by atoms with Gasteiger partial charge in [0.15, 0.2) is 4.47 Å². The van der Waals surface area contributed by atoms with Crippen LogP contribution < -0.4 is 4.74 Å². The summed E-state index contributed by atoms with van der Waals surface area (Å²) in [6.07, 6.45) is 3.50. The third-order valence-electron chi connectivity index (χ3n) is 6.23. The van der Waals surface area contributed by atoms with Crippen LogP contribution in [0.25, 0.3) is 21.5 Å². The molecule has 0 atom stereocenters. The molecule has 1 saturated heterocycles. The Bertz CT molecular complexity index is 1340. The smallest absolute Gasteiger partial charge is 0.253 e. The lowest BCUT2D eigenvalue weighted by atomic mass is 9.81. The minimum Gasteiger partial charge on any atom is -0.482 e.